The average molecular weight is 226 g/mol. The standard InChI is InChI=1S/C13H14N4/c1-9-13(15)10(2)17(16-9)8-12-5-3-4-11(6-12)7-14/h3-6H,8,15H2,1-2H3. The van der Waals surface area contributed by atoms with Crippen LogP contribution in [0.15, 0.2) is 24.3 Å². The van der Waals surface area contributed by atoms with Crippen molar-refractivity contribution in [2.75, 3.05) is 5.73 Å². The molecule has 0 aliphatic heterocycles. The molecule has 0 aliphatic rings. The van der Waals surface area contributed by atoms with Gasteiger partial charge in [0.15, 0.2) is 0 Å². The van der Waals surface area contributed by atoms with Gasteiger partial charge in [0.1, 0.15) is 0 Å². The Balaban J connectivity index is 2.32. The summed E-state index contributed by atoms with van der Waals surface area (Å²) in [6, 6.07) is 9.65. The summed E-state index contributed by atoms with van der Waals surface area (Å²) in [6.07, 6.45) is 0. The number of benzene rings is 1. The number of nitriles is 1. The molecule has 4 nitrogen and oxygen atoms in total. The highest BCUT2D eigenvalue weighted by Gasteiger charge is 2.08. The third-order valence-corrected chi connectivity index (χ3v) is 2.83. The predicted octanol–water partition coefficient (Wildman–Crippen LogP) is 2.00. The first-order valence-corrected chi connectivity index (χ1v) is 5.40. The van der Waals surface area contributed by atoms with E-state index in [0.717, 1.165) is 22.6 Å². The van der Waals surface area contributed by atoms with E-state index in [1.807, 2.05) is 36.7 Å². The molecule has 1 aromatic heterocycles. The molecule has 0 radical (unpaired) electrons. The van der Waals surface area contributed by atoms with E-state index in [2.05, 4.69) is 11.2 Å². The van der Waals surface area contributed by atoms with Gasteiger partial charge in [0.05, 0.1) is 35.3 Å². The molecule has 0 spiro atoms. The number of anilines is 1. The fourth-order valence-electron chi connectivity index (χ4n) is 1.78. The minimum atomic E-state index is 0.638. The molecule has 2 N–H and O–H groups in total. The van der Waals surface area contributed by atoms with Gasteiger partial charge in [-0.15, -0.1) is 0 Å². The maximum absolute atomic E-state index is 8.84. The Morgan fingerprint density at radius 2 is 2.18 bits per heavy atom. The fraction of sp³-hybridized carbons (Fsp3) is 0.231. The number of nitrogens with two attached hydrogens (primary N) is 1. The average Bonchev–Trinajstić information content (AvgIpc) is 2.57. The van der Waals surface area contributed by atoms with Crippen LogP contribution in [0.1, 0.15) is 22.5 Å². The van der Waals surface area contributed by atoms with Crippen molar-refractivity contribution in [1.29, 1.82) is 5.26 Å². The lowest BCUT2D eigenvalue weighted by atomic mass is 10.1. The van der Waals surface area contributed by atoms with Crippen molar-refractivity contribution >= 4 is 5.69 Å². The second kappa shape index (κ2) is 4.30. The topological polar surface area (TPSA) is 67.6 Å². The molecule has 17 heavy (non-hydrogen) atoms. The van der Waals surface area contributed by atoms with Crippen LogP contribution in [0.5, 0.6) is 0 Å². The number of hydrogen-bond donors (Lipinski definition) is 1. The van der Waals surface area contributed by atoms with E-state index < -0.39 is 0 Å². The van der Waals surface area contributed by atoms with Crippen molar-refractivity contribution in [2.24, 2.45) is 0 Å². The maximum Gasteiger partial charge on any atom is 0.0991 e. The third-order valence-electron chi connectivity index (χ3n) is 2.83. The van der Waals surface area contributed by atoms with Gasteiger partial charge in [-0.05, 0) is 31.5 Å². The molecular weight excluding hydrogens is 212 g/mol. The van der Waals surface area contributed by atoms with Crippen molar-refractivity contribution in [3.05, 3.63) is 46.8 Å². The van der Waals surface area contributed by atoms with Crippen LogP contribution in [0.2, 0.25) is 0 Å². The van der Waals surface area contributed by atoms with Gasteiger partial charge in [-0.3, -0.25) is 4.68 Å². The summed E-state index contributed by atoms with van der Waals surface area (Å²) in [5, 5.41) is 13.2. The largest absolute Gasteiger partial charge is 0.396 e. The SMILES string of the molecule is Cc1nn(Cc2cccc(C#N)c2)c(C)c1N. The molecule has 0 bridgehead atoms. The van der Waals surface area contributed by atoms with Gasteiger partial charge in [0.2, 0.25) is 0 Å². The van der Waals surface area contributed by atoms with Crippen LogP contribution in [-0.4, -0.2) is 9.78 Å². The van der Waals surface area contributed by atoms with Gasteiger partial charge in [0, 0.05) is 0 Å². The smallest absolute Gasteiger partial charge is 0.0991 e. The number of aryl methyl sites for hydroxylation is 1. The molecular formula is C13H14N4. The van der Waals surface area contributed by atoms with Gasteiger partial charge in [0.25, 0.3) is 0 Å². The first-order chi connectivity index (χ1) is 8.11. The highest BCUT2D eigenvalue weighted by molar-refractivity contribution is 5.47. The van der Waals surface area contributed by atoms with Crippen LogP contribution >= 0.6 is 0 Å². The summed E-state index contributed by atoms with van der Waals surface area (Å²) in [7, 11) is 0. The number of hydrogen-bond acceptors (Lipinski definition) is 3. The molecule has 0 aliphatic carbocycles. The van der Waals surface area contributed by atoms with Crippen LogP contribution < -0.4 is 5.73 Å². The molecule has 0 atom stereocenters. The van der Waals surface area contributed by atoms with E-state index in [0.29, 0.717) is 12.1 Å². The van der Waals surface area contributed by atoms with Crippen LogP contribution in [0.25, 0.3) is 0 Å². The summed E-state index contributed by atoms with van der Waals surface area (Å²) < 4.78 is 1.86. The Kier molecular flexibility index (Phi) is 2.84. The molecule has 0 saturated heterocycles. The first kappa shape index (κ1) is 11.2. The van der Waals surface area contributed by atoms with Crippen molar-refractivity contribution in [1.82, 2.24) is 9.78 Å². The van der Waals surface area contributed by atoms with E-state index in [1.54, 1.807) is 6.07 Å². The molecule has 0 amide bonds. The number of rotatable bonds is 2. The summed E-state index contributed by atoms with van der Waals surface area (Å²) in [5.74, 6) is 0. The van der Waals surface area contributed by atoms with Crippen molar-refractivity contribution in [2.45, 2.75) is 20.4 Å². The van der Waals surface area contributed by atoms with Gasteiger partial charge in [-0.1, -0.05) is 12.1 Å². The second-order valence-electron chi connectivity index (χ2n) is 4.05. The minimum Gasteiger partial charge on any atom is -0.396 e. The van der Waals surface area contributed by atoms with Crippen molar-refractivity contribution < 1.29 is 0 Å². The third kappa shape index (κ3) is 2.13. The summed E-state index contributed by atoms with van der Waals surface area (Å²) >= 11 is 0. The van der Waals surface area contributed by atoms with Gasteiger partial charge in [-0.2, -0.15) is 10.4 Å². The fourth-order valence-corrected chi connectivity index (χ4v) is 1.78. The Morgan fingerprint density at radius 3 is 2.76 bits per heavy atom. The summed E-state index contributed by atoms with van der Waals surface area (Å²) in [5.41, 5.74) is 10.1. The zero-order chi connectivity index (χ0) is 12.4. The molecule has 2 rings (SSSR count). The van der Waals surface area contributed by atoms with Crippen LogP contribution in [0.3, 0.4) is 0 Å². The molecule has 2 aromatic rings. The Labute approximate surface area is 100 Å². The molecule has 4 heteroatoms. The van der Waals surface area contributed by atoms with Crippen molar-refractivity contribution in [3.63, 3.8) is 0 Å². The van der Waals surface area contributed by atoms with E-state index in [1.165, 1.54) is 0 Å². The highest BCUT2D eigenvalue weighted by atomic mass is 15.3. The van der Waals surface area contributed by atoms with E-state index in [-0.39, 0.29) is 0 Å². The van der Waals surface area contributed by atoms with Crippen molar-refractivity contribution in [3.8, 4) is 6.07 Å². The predicted molar refractivity (Wildman–Crippen MR) is 66.4 cm³/mol. The molecule has 0 unspecified atom stereocenters. The van der Waals surface area contributed by atoms with E-state index in [9.17, 15) is 0 Å². The summed E-state index contributed by atoms with van der Waals surface area (Å²) in [6.45, 7) is 4.48. The molecule has 0 saturated carbocycles. The number of nitrogens with zero attached hydrogens (tertiary/aromatic N) is 3. The Morgan fingerprint density at radius 1 is 1.41 bits per heavy atom. The lowest BCUT2D eigenvalue weighted by molar-refractivity contribution is 0.659. The van der Waals surface area contributed by atoms with Crippen LogP contribution in [-0.2, 0) is 6.54 Å². The molecule has 0 fully saturated rings. The summed E-state index contributed by atoms with van der Waals surface area (Å²) in [4.78, 5) is 0. The minimum absolute atomic E-state index is 0.638. The normalized spacial score (nSPS) is 10.2. The first-order valence-electron chi connectivity index (χ1n) is 5.40. The van der Waals surface area contributed by atoms with E-state index >= 15 is 0 Å². The molecule has 86 valence electrons. The van der Waals surface area contributed by atoms with Gasteiger partial charge < -0.3 is 5.73 Å². The Hall–Kier alpha value is -2.28. The lowest BCUT2D eigenvalue weighted by Gasteiger charge is -2.04. The number of nitrogen functional groups attached to an aromatic ring is 1. The number of aromatic nitrogens is 2. The highest BCUT2D eigenvalue weighted by Crippen LogP contribution is 2.16. The molecule has 1 heterocycles. The van der Waals surface area contributed by atoms with E-state index in [4.69, 9.17) is 11.0 Å². The van der Waals surface area contributed by atoms with Crippen LogP contribution in [0.4, 0.5) is 5.69 Å². The maximum atomic E-state index is 8.84. The lowest BCUT2D eigenvalue weighted by Crippen LogP contribution is -2.04. The van der Waals surface area contributed by atoms with Crippen LogP contribution in [0, 0.1) is 25.2 Å². The Bertz CT molecular complexity index is 590. The zero-order valence-electron chi connectivity index (χ0n) is 9.94. The molecule has 1 aromatic carbocycles. The zero-order valence-corrected chi connectivity index (χ0v) is 9.94. The second-order valence-corrected chi connectivity index (χ2v) is 4.05. The monoisotopic (exact) mass is 226 g/mol. The van der Waals surface area contributed by atoms with Gasteiger partial charge in [-0.25, -0.2) is 0 Å². The van der Waals surface area contributed by atoms with Gasteiger partial charge >= 0.3 is 0 Å². The quantitative estimate of drug-likeness (QED) is 0.851.